The van der Waals surface area contributed by atoms with Crippen molar-refractivity contribution in [3.05, 3.63) is 59.2 Å². The zero-order valence-corrected chi connectivity index (χ0v) is 14.9. The standard InChI is InChI=1S/C20H22N2O3/c1-13-5-7-15(8-6-13)20-12-19(21-22(20)14(2)23)16-9-17(24-3)11-18(10-16)25-4/h5-11,20H,12H2,1-4H3. The SMILES string of the molecule is COc1cc(OC)cc(C2=NN(C(C)=O)C(c3ccc(C)cc3)C2)c1. The smallest absolute Gasteiger partial charge is 0.240 e. The molecular weight excluding hydrogens is 316 g/mol. The lowest BCUT2D eigenvalue weighted by Gasteiger charge is -2.20. The Labute approximate surface area is 147 Å². The number of aryl methyl sites for hydroxylation is 1. The first kappa shape index (κ1) is 17.0. The van der Waals surface area contributed by atoms with E-state index in [0.29, 0.717) is 17.9 Å². The molecule has 0 radical (unpaired) electrons. The summed E-state index contributed by atoms with van der Waals surface area (Å²) in [5.41, 5.74) is 4.01. The summed E-state index contributed by atoms with van der Waals surface area (Å²) >= 11 is 0. The molecule has 1 atom stereocenters. The van der Waals surface area contributed by atoms with Crippen LogP contribution in [0.4, 0.5) is 0 Å². The van der Waals surface area contributed by atoms with Crippen LogP contribution < -0.4 is 9.47 Å². The normalized spacial score (nSPS) is 16.6. The molecule has 0 spiro atoms. The molecular formula is C20H22N2O3. The molecule has 2 aromatic carbocycles. The fraction of sp³-hybridized carbons (Fsp3) is 0.300. The lowest BCUT2D eigenvalue weighted by molar-refractivity contribution is -0.130. The van der Waals surface area contributed by atoms with Gasteiger partial charge in [0.25, 0.3) is 0 Å². The van der Waals surface area contributed by atoms with Crippen molar-refractivity contribution in [1.29, 1.82) is 0 Å². The lowest BCUT2D eigenvalue weighted by atomic mass is 9.97. The Morgan fingerprint density at radius 3 is 2.20 bits per heavy atom. The largest absolute Gasteiger partial charge is 0.497 e. The number of hydrogen-bond donors (Lipinski definition) is 0. The van der Waals surface area contributed by atoms with Crippen LogP contribution in [0.1, 0.15) is 36.1 Å². The maximum Gasteiger partial charge on any atom is 0.240 e. The molecule has 0 fully saturated rings. The Bertz CT molecular complexity index is 790. The van der Waals surface area contributed by atoms with Crippen LogP contribution in [0, 0.1) is 6.92 Å². The first-order chi connectivity index (χ1) is 12.0. The van der Waals surface area contributed by atoms with Crippen LogP contribution >= 0.6 is 0 Å². The molecule has 0 aromatic heterocycles. The fourth-order valence-electron chi connectivity index (χ4n) is 3.00. The van der Waals surface area contributed by atoms with Crippen molar-refractivity contribution in [3.8, 4) is 11.5 Å². The van der Waals surface area contributed by atoms with E-state index >= 15 is 0 Å². The van der Waals surface area contributed by atoms with Crippen LogP contribution in [0.15, 0.2) is 47.6 Å². The summed E-state index contributed by atoms with van der Waals surface area (Å²) < 4.78 is 10.7. The number of methoxy groups -OCH3 is 2. The van der Waals surface area contributed by atoms with Gasteiger partial charge in [-0.2, -0.15) is 5.10 Å². The third-order valence-electron chi connectivity index (χ3n) is 4.38. The predicted octanol–water partition coefficient (Wildman–Crippen LogP) is 3.71. The number of amides is 1. The molecule has 5 heteroatoms. The highest BCUT2D eigenvalue weighted by molar-refractivity contribution is 6.03. The third kappa shape index (κ3) is 3.50. The first-order valence-electron chi connectivity index (χ1n) is 8.19. The van der Waals surface area contributed by atoms with E-state index in [1.165, 1.54) is 5.56 Å². The molecule has 1 aliphatic rings. The molecule has 1 heterocycles. The van der Waals surface area contributed by atoms with E-state index < -0.39 is 0 Å². The predicted molar refractivity (Wildman–Crippen MR) is 97.1 cm³/mol. The minimum atomic E-state index is -0.0923. The second-order valence-corrected chi connectivity index (χ2v) is 6.14. The van der Waals surface area contributed by atoms with Gasteiger partial charge in [0.05, 0.1) is 26.0 Å². The van der Waals surface area contributed by atoms with E-state index in [9.17, 15) is 4.79 Å². The Hall–Kier alpha value is -2.82. The van der Waals surface area contributed by atoms with Gasteiger partial charge in [-0.3, -0.25) is 4.79 Å². The van der Waals surface area contributed by atoms with Gasteiger partial charge in [0, 0.05) is 25.0 Å². The van der Waals surface area contributed by atoms with E-state index in [4.69, 9.17) is 9.47 Å². The molecule has 1 amide bonds. The van der Waals surface area contributed by atoms with Crippen LogP contribution in [-0.2, 0) is 4.79 Å². The molecule has 2 aromatic rings. The summed E-state index contributed by atoms with van der Waals surface area (Å²) in [5.74, 6) is 1.32. The second kappa shape index (κ2) is 6.97. The maximum absolute atomic E-state index is 12.1. The average molecular weight is 338 g/mol. The highest BCUT2D eigenvalue weighted by Crippen LogP contribution is 2.34. The highest BCUT2D eigenvalue weighted by Gasteiger charge is 2.31. The zero-order chi connectivity index (χ0) is 18.0. The number of hydrazone groups is 1. The second-order valence-electron chi connectivity index (χ2n) is 6.14. The van der Waals surface area contributed by atoms with Crippen LogP contribution in [0.3, 0.4) is 0 Å². The molecule has 0 saturated carbocycles. The molecule has 25 heavy (non-hydrogen) atoms. The van der Waals surface area contributed by atoms with Crippen molar-refractivity contribution in [2.75, 3.05) is 14.2 Å². The molecule has 0 N–H and O–H groups in total. The molecule has 0 saturated heterocycles. The van der Waals surface area contributed by atoms with Gasteiger partial charge < -0.3 is 9.47 Å². The molecule has 1 aliphatic heterocycles. The summed E-state index contributed by atoms with van der Waals surface area (Å²) in [7, 11) is 3.23. The van der Waals surface area contributed by atoms with Crippen LogP contribution in [0.2, 0.25) is 0 Å². The quantitative estimate of drug-likeness (QED) is 0.854. The number of carbonyl (C=O) groups excluding carboxylic acids is 1. The molecule has 1 unspecified atom stereocenters. The van der Waals surface area contributed by atoms with Crippen molar-refractivity contribution >= 4 is 11.6 Å². The molecule has 0 bridgehead atoms. The molecule has 0 aliphatic carbocycles. The minimum Gasteiger partial charge on any atom is -0.497 e. The number of hydrogen-bond acceptors (Lipinski definition) is 4. The van der Waals surface area contributed by atoms with Crippen molar-refractivity contribution in [1.82, 2.24) is 5.01 Å². The number of rotatable bonds is 4. The summed E-state index contributed by atoms with van der Waals surface area (Å²) in [6.07, 6.45) is 0.652. The number of nitrogens with zero attached hydrogens (tertiary/aromatic N) is 2. The number of carbonyl (C=O) groups is 1. The summed E-state index contributed by atoms with van der Waals surface area (Å²) in [5, 5.41) is 6.14. The van der Waals surface area contributed by atoms with Crippen molar-refractivity contribution in [2.24, 2.45) is 5.10 Å². The van der Waals surface area contributed by atoms with Crippen molar-refractivity contribution in [2.45, 2.75) is 26.3 Å². The van der Waals surface area contributed by atoms with E-state index in [1.54, 1.807) is 26.2 Å². The topological polar surface area (TPSA) is 51.1 Å². The highest BCUT2D eigenvalue weighted by atomic mass is 16.5. The van der Waals surface area contributed by atoms with Crippen molar-refractivity contribution in [3.63, 3.8) is 0 Å². The molecule has 3 rings (SSSR count). The third-order valence-corrected chi connectivity index (χ3v) is 4.38. The number of ether oxygens (including phenoxy) is 2. The van der Waals surface area contributed by atoms with Crippen molar-refractivity contribution < 1.29 is 14.3 Å². The average Bonchev–Trinajstić information content (AvgIpc) is 3.07. The Kier molecular flexibility index (Phi) is 4.74. The van der Waals surface area contributed by atoms with Gasteiger partial charge >= 0.3 is 0 Å². The van der Waals surface area contributed by atoms with Gasteiger partial charge in [-0.25, -0.2) is 5.01 Å². The van der Waals surface area contributed by atoms with Crippen LogP contribution in [0.25, 0.3) is 0 Å². The van der Waals surface area contributed by atoms with Gasteiger partial charge in [-0.1, -0.05) is 29.8 Å². The zero-order valence-electron chi connectivity index (χ0n) is 14.9. The minimum absolute atomic E-state index is 0.0737. The fourth-order valence-corrected chi connectivity index (χ4v) is 3.00. The maximum atomic E-state index is 12.1. The summed E-state index contributed by atoms with van der Waals surface area (Å²) in [6, 6.07) is 13.8. The van der Waals surface area contributed by atoms with Gasteiger partial charge in [-0.15, -0.1) is 0 Å². The van der Waals surface area contributed by atoms with Crippen LogP contribution in [0.5, 0.6) is 11.5 Å². The van der Waals surface area contributed by atoms with E-state index in [2.05, 4.69) is 29.4 Å². The van der Waals surface area contributed by atoms with Gasteiger partial charge in [0.15, 0.2) is 0 Å². The Morgan fingerprint density at radius 2 is 1.68 bits per heavy atom. The first-order valence-corrected chi connectivity index (χ1v) is 8.19. The Morgan fingerprint density at radius 1 is 1.08 bits per heavy atom. The number of benzene rings is 2. The summed E-state index contributed by atoms with van der Waals surface area (Å²) in [6.45, 7) is 3.59. The van der Waals surface area contributed by atoms with Gasteiger partial charge in [-0.05, 0) is 24.6 Å². The van der Waals surface area contributed by atoms with E-state index in [1.807, 2.05) is 25.1 Å². The molecule has 5 nitrogen and oxygen atoms in total. The van der Waals surface area contributed by atoms with E-state index in [-0.39, 0.29) is 11.9 Å². The Balaban J connectivity index is 1.97. The summed E-state index contributed by atoms with van der Waals surface area (Å²) in [4.78, 5) is 12.1. The van der Waals surface area contributed by atoms with Gasteiger partial charge in [0.2, 0.25) is 5.91 Å². The monoisotopic (exact) mass is 338 g/mol. The van der Waals surface area contributed by atoms with E-state index in [0.717, 1.165) is 16.8 Å². The van der Waals surface area contributed by atoms with Crippen LogP contribution in [-0.4, -0.2) is 30.8 Å². The van der Waals surface area contributed by atoms with Gasteiger partial charge in [0.1, 0.15) is 11.5 Å². The lowest BCUT2D eigenvalue weighted by Crippen LogP contribution is -2.24. The molecule has 130 valence electrons.